The molecule has 1 unspecified atom stereocenters. The maximum atomic E-state index is 12.2. The molecule has 0 saturated carbocycles. The number of hydrogen-bond donors (Lipinski definition) is 0. The standard InChI is InChI=1S/C13H12N2O/c1-3-8-13(9-14)10-6-4-5-7-11(10)15(2)12(13)16/h3-7H,1,8H2,2H3. The Morgan fingerprint density at radius 1 is 1.56 bits per heavy atom. The highest BCUT2D eigenvalue weighted by Gasteiger charge is 2.49. The lowest BCUT2D eigenvalue weighted by Gasteiger charge is -2.17. The Labute approximate surface area is 94.6 Å². The van der Waals surface area contributed by atoms with Crippen LogP contribution in [0.5, 0.6) is 0 Å². The third kappa shape index (κ3) is 1.10. The molecule has 1 aromatic carbocycles. The van der Waals surface area contributed by atoms with E-state index in [4.69, 9.17) is 0 Å². The number of carbonyl (C=O) groups excluding carboxylic acids is 1. The SMILES string of the molecule is C=CCC1(C#N)C(=O)N(C)c2ccccc21. The normalized spacial score (nSPS) is 22.8. The van der Waals surface area contributed by atoms with Crippen molar-refractivity contribution in [3.63, 3.8) is 0 Å². The quantitative estimate of drug-likeness (QED) is 0.704. The number of carbonyl (C=O) groups is 1. The van der Waals surface area contributed by atoms with Crippen molar-refractivity contribution in [3.8, 4) is 6.07 Å². The van der Waals surface area contributed by atoms with Gasteiger partial charge in [0.25, 0.3) is 5.91 Å². The van der Waals surface area contributed by atoms with Gasteiger partial charge in [-0.1, -0.05) is 24.3 Å². The molecule has 80 valence electrons. The number of fused-ring (bicyclic) bond motifs is 1. The molecule has 0 saturated heterocycles. The van der Waals surface area contributed by atoms with Gasteiger partial charge in [0.15, 0.2) is 5.41 Å². The van der Waals surface area contributed by atoms with Crippen LogP contribution in [-0.4, -0.2) is 13.0 Å². The van der Waals surface area contributed by atoms with E-state index >= 15 is 0 Å². The molecule has 1 amide bonds. The van der Waals surface area contributed by atoms with E-state index in [9.17, 15) is 10.1 Å². The first kappa shape index (κ1) is 10.4. The van der Waals surface area contributed by atoms with Crippen LogP contribution in [0.25, 0.3) is 0 Å². The van der Waals surface area contributed by atoms with Gasteiger partial charge in [0.05, 0.1) is 6.07 Å². The lowest BCUT2D eigenvalue weighted by Crippen LogP contribution is -2.37. The second-order valence-electron chi connectivity index (χ2n) is 3.89. The number of anilines is 1. The molecule has 0 aromatic heterocycles. The van der Waals surface area contributed by atoms with E-state index in [1.165, 1.54) is 0 Å². The predicted molar refractivity (Wildman–Crippen MR) is 62.0 cm³/mol. The second-order valence-corrected chi connectivity index (χ2v) is 3.89. The molecule has 0 aliphatic carbocycles. The molecule has 3 heteroatoms. The fourth-order valence-electron chi connectivity index (χ4n) is 2.21. The minimum atomic E-state index is -1.08. The fourth-order valence-corrected chi connectivity index (χ4v) is 2.21. The summed E-state index contributed by atoms with van der Waals surface area (Å²) in [5.74, 6) is -0.170. The summed E-state index contributed by atoms with van der Waals surface area (Å²) in [5.41, 5.74) is 0.522. The minimum absolute atomic E-state index is 0.170. The van der Waals surface area contributed by atoms with Crippen LogP contribution >= 0.6 is 0 Å². The zero-order valence-corrected chi connectivity index (χ0v) is 9.10. The second kappa shape index (κ2) is 3.49. The van der Waals surface area contributed by atoms with E-state index in [1.807, 2.05) is 24.3 Å². The van der Waals surface area contributed by atoms with Gasteiger partial charge in [-0.15, -0.1) is 6.58 Å². The first-order chi connectivity index (χ1) is 7.67. The monoisotopic (exact) mass is 212 g/mol. The van der Waals surface area contributed by atoms with E-state index in [1.54, 1.807) is 18.0 Å². The van der Waals surface area contributed by atoms with Crippen molar-refractivity contribution in [2.75, 3.05) is 11.9 Å². The van der Waals surface area contributed by atoms with Crippen LogP contribution in [-0.2, 0) is 10.2 Å². The van der Waals surface area contributed by atoms with E-state index in [0.717, 1.165) is 11.3 Å². The van der Waals surface area contributed by atoms with E-state index in [2.05, 4.69) is 12.6 Å². The van der Waals surface area contributed by atoms with Gasteiger partial charge in [-0.2, -0.15) is 5.26 Å². The summed E-state index contributed by atoms with van der Waals surface area (Å²) in [6.07, 6.45) is 1.97. The zero-order valence-electron chi connectivity index (χ0n) is 9.10. The Kier molecular flexibility index (Phi) is 2.28. The van der Waals surface area contributed by atoms with Crippen molar-refractivity contribution in [1.82, 2.24) is 0 Å². The van der Waals surface area contributed by atoms with Gasteiger partial charge < -0.3 is 4.90 Å². The van der Waals surface area contributed by atoms with Gasteiger partial charge in [0, 0.05) is 18.3 Å². The largest absolute Gasteiger partial charge is 0.313 e. The first-order valence-corrected chi connectivity index (χ1v) is 5.07. The molecule has 3 nitrogen and oxygen atoms in total. The van der Waals surface area contributed by atoms with Gasteiger partial charge in [-0.3, -0.25) is 4.79 Å². The molecule has 16 heavy (non-hydrogen) atoms. The number of nitriles is 1. The number of hydrogen-bond acceptors (Lipinski definition) is 2. The van der Waals surface area contributed by atoms with Crippen molar-refractivity contribution in [1.29, 1.82) is 5.26 Å². The molecule has 0 bridgehead atoms. The Bertz CT molecular complexity index is 501. The van der Waals surface area contributed by atoms with Gasteiger partial charge >= 0.3 is 0 Å². The van der Waals surface area contributed by atoms with Crippen molar-refractivity contribution < 1.29 is 4.79 Å². The average molecular weight is 212 g/mol. The van der Waals surface area contributed by atoms with Crippen LogP contribution in [0.15, 0.2) is 36.9 Å². The third-order valence-corrected chi connectivity index (χ3v) is 3.04. The molecular formula is C13H12N2O. The molecule has 1 aliphatic rings. The molecular weight excluding hydrogens is 200 g/mol. The Balaban J connectivity index is 2.69. The number of rotatable bonds is 2. The third-order valence-electron chi connectivity index (χ3n) is 3.04. The Morgan fingerprint density at radius 3 is 2.88 bits per heavy atom. The number of amides is 1. The highest BCUT2D eigenvalue weighted by Crippen LogP contribution is 2.42. The van der Waals surface area contributed by atoms with Gasteiger partial charge in [0.1, 0.15) is 0 Å². The first-order valence-electron chi connectivity index (χ1n) is 5.07. The van der Waals surface area contributed by atoms with Crippen molar-refractivity contribution in [3.05, 3.63) is 42.5 Å². The molecule has 1 heterocycles. The van der Waals surface area contributed by atoms with Crippen LogP contribution in [0.1, 0.15) is 12.0 Å². The summed E-state index contributed by atoms with van der Waals surface area (Å²) in [5, 5.41) is 9.34. The van der Waals surface area contributed by atoms with Crippen LogP contribution in [0.4, 0.5) is 5.69 Å². The lowest BCUT2D eigenvalue weighted by atomic mass is 9.80. The van der Waals surface area contributed by atoms with E-state index < -0.39 is 5.41 Å². The van der Waals surface area contributed by atoms with Crippen LogP contribution in [0.2, 0.25) is 0 Å². The van der Waals surface area contributed by atoms with E-state index in [-0.39, 0.29) is 5.91 Å². The van der Waals surface area contributed by atoms with Gasteiger partial charge in [0.2, 0.25) is 0 Å². The number of nitrogens with zero attached hydrogens (tertiary/aromatic N) is 2. The molecule has 0 radical (unpaired) electrons. The fraction of sp³-hybridized carbons (Fsp3) is 0.231. The topological polar surface area (TPSA) is 44.1 Å². The maximum absolute atomic E-state index is 12.2. The summed E-state index contributed by atoms with van der Waals surface area (Å²) in [6.45, 7) is 3.63. The molecule has 0 fully saturated rings. The highest BCUT2D eigenvalue weighted by atomic mass is 16.2. The van der Waals surface area contributed by atoms with Crippen molar-refractivity contribution in [2.24, 2.45) is 0 Å². The summed E-state index contributed by atoms with van der Waals surface area (Å²) < 4.78 is 0. The Morgan fingerprint density at radius 2 is 2.25 bits per heavy atom. The van der Waals surface area contributed by atoms with Crippen LogP contribution < -0.4 is 4.90 Å². The highest BCUT2D eigenvalue weighted by molar-refractivity contribution is 6.09. The smallest absolute Gasteiger partial charge is 0.252 e. The van der Waals surface area contributed by atoms with E-state index in [0.29, 0.717) is 6.42 Å². The minimum Gasteiger partial charge on any atom is -0.313 e. The van der Waals surface area contributed by atoms with Crippen LogP contribution in [0.3, 0.4) is 0 Å². The molecule has 0 N–H and O–H groups in total. The number of benzene rings is 1. The van der Waals surface area contributed by atoms with Gasteiger partial charge in [-0.05, 0) is 12.5 Å². The summed E-state index contributed by atoms with van der Waals surface area (Å²) >= 11 is 0. The van der Waals surface area contributed by atoms with Crippen molar-refractivity contribution >= 4 is 11.6 Å². The molecule has 1 atom stereocenters. The van der Waals surface area contributed by atoms with Crippen LogP contribution in [0, 0.1) is 11.3 Å². The summed E-state index contributed by atoms with van der Waals surface area (Å²) in [6, 6.07) is 9.56. The molecule has 0 spiro atoms. The zero-order chi connectivity index (χ0) is 11.8. The molecule has 2 rings (SSSR count). The summed E-state index contributed by atoms with van der Waals surface area (Å²) in [4.78, 5) is 13.7. The lowest BCUT2D eigenvalue weighted by molar-refractivity contribution is -0.121. The summed E-state index contributed by atoms with van der Waals surface area (Å²) in [7, 11) is 1.70. The number of para-hydroxylation sites is 1. The molecule has 1 aliphatic heterocycles. The Hall–Kier alpha value is -2.08. The number of allylic oxidation sites excluding steroid dienone is 1. The average Bonchev–Trinajstić information content (AvgIpc) is 2.53. The van der Waals surface area contributed by atoms with Crippen molar-refractivity contribution in [2.45, 2.75) is 11.8 Å². The molecule has 1 aromatic rings. The van der Waals surface area contributed by atoms with Gasteiger partial charge in [-0.25, -0.2) is 0 Å². The number of likely N-dealkylation sites (N-methyl/N-ethyl adjacent to an activating group) is 1. The maximum Gasteiger partial charge on any atom is 0.252 e. The predicted octanol–water partition coefficient (Wildman–Crippen LogP) is 2.00.